The predicted octanol–water partition coefficient (Wildman–Crippen LogP) is 2.20. The molecule has 5 heteroatoms. The largest absolute Gasteiger partial charge is 0.376 e. The topological polar surface area (TPSA) is 58.6 Å². The summed E-state index contributed by atoms with van der Waals surface area (Å²) in [6, 6.07) is 7.91. The van der Waals surface area contributed by atoms with E-state index >= 15 is 0 Å². The van der Waals surface area contributed by atoms with Crippen molar-refractivity contribution in [1.29, 1.82) is 0 Å². The van der Waals surface area contributed by atoms with Gasteiger partial charge in [-0.3, -0.25) is 9.59 Å². The Labute approximate surface area is 143 Å². The van der Waals surface area contributed by atoms with Crippen molar-refractivity contribution >= 4 is 11.8 Å². The number of nitrogens with zero attached hydrogens (tertiary/aromatic N) is 1. The Morgan fingerprint density at radius 3 is 2.71 bits per heavy atom. The maximum Gasteiger partial charge on any atom is 0.225 e. The van der Waals surface area contributed by atoms with Crippen LogP contribution in [-0.4, -0.2) is 43.0 Å². The quantitative estimate of drug-likeness (QED) is 0.921. The van der Waals surface area contributed by atoms with Gasteiger partial charge in [0.2, 0.25) is 11.8 Å². The van der Waals surface area contributed by atoms with Crippen molar-refractivity contribution in [2.24, 2.45) is 5.92 Å². The highest BCUT2D eigenvalue weighted by Crippen LogP contribution is 2.36. The highest BCUT2D eigenvalue weighted by Gasteiger charge is 2.38. The van der Waals surface area contributed by atoms with E-state index < -0.39 is 0 Å². The first-order chi connectivity index (χ1) is 11.6. The van der Waals surface area contributed by atoms with Gasteiger partial charge in [-0.25, -0.2) is 0 Å². The lowest BCUT2D eigenvalue weighted by Gasteiger charge is -2.38. The summed E-state index contributed by atoms with van der Waals surface area (Å²) in [5.74, 6) is -0.0871. The maximum atomic E-state index is 12.8. The van der Waals surface area contributed by atoms with Crippen molar-refractivity contribution in [2.45, 2.75) is 44.8 Å². The summed E-state index contributed by atoms with van der Waals surface area (Å²) in [6.07, 6.45) is 3.23. The van der Waals surface area contributed by atoms with Crippen LogP contribution in [0.15, 0.2) is 24.3 Å². The fourth-order valence-electron chi connectivity index (χ4n) is 3.68. The molecule has 0 aliphatic carbocycles. The molecule has 2 aliphatic rings. The Kier molecular flexibility index (Phi) is 5.19. The highest BCUT2D eigenvalue weighted by atomic mass is 16.5. The van der Waals surface area contributed by atoms with Crippen LogP contribution in [0.3, 0.4) is 0 Å². The van der Waals surface area contributed by atoms with Gasteiger partial charge in [0.25, 0.3) is 0 Å². The summed E-state index contributed by atoms with van der Waals surface area (Å²) in [4.78, 5) is 26.6. The zero-order valence-corrected chi connectivity index (χ0v) is 14.5. The van der Waals surface area contributed by atoms with Crippen LogP contribution in [-0.2, 0) is 14.3 Å². The molecular weight excluding hydrogens is 304 g/mol. The third kappa shape index (κ3) is 3.61. The Bertz CT molecular complexity index is 593. The fraction of sp³-hybridized carbons (Fsp3) is 0.579. The van der Waals surface area contributed by atoms with Gasteiger partial charge in [-0.1, -0.05) is 29.8 Å². The lowest BCUT2D eigenvalue weighted by molar-refractivity contribution is -0.141. The molecule has 1 aromatic carbocycles. The molecule has 2 fully saturated rings. The summed E-state index contributed by atoms with van der Waals surface area (Å²) in [7, 11) is 1.80. The fourth-order valence-corrected chi connectivity index (χ4v) is 3.68. The van der Waals surface area contributed by atoms with Crippen LogP contribution < -0.4 is 5.32 Å². The van der Waals surface area contributed by atoms with Gasteiger partial charge in [-0.15, -0.1) is 0 Å². The normalized spacial score (nSPS) is 27.3. The van der Waals surface area contributed by atoms with Gasteiger partial charge >= 0.3 is 0 Å². The average Bonchev–Trinajstić information content (AvgIpc) is 3.09. The lowest BCUT2D eigenvalue weighted by Crippen LogP contribution is -2.47. The summed E-state index contributed by atoms with van der Waals surface area (Å²) >= 11 is 0. The molecule has 1 aromatic rings. The number of rotatable bonds is 4. The van der Waals surface area contributed by atoms with E-state index in [0.29, 0.717) is 19.4 Å². The zero-order chi connectivity index (χ0) is 17.1. The molecule has 2 amide bonds. The average molecular weight is 330 g/mol. The van der Waals surface area contributed by atoms with Crippen molar-refractivity contribution in [3.05, 3.63) is 35.4 Å². The first-order valence-corrected chi connectivity index (χ1v) is 8.78. The molecule has 3 atom stereocenters. The van der Waals surface area contributed by atoms with Gasteiger partial charge in [0.05, 0.1) is 18.1 Å². The highest BCUT2D eigenvalue weighted by molar-refractivity contribution is 5.84. The smallest absolute Gasteiger partial charge is 0.225 e. The van der Waals surface area contributed by atoms with Crippen LogP contribution in [0.4, 0.5) is 0 Å². The molecule has 0 bridgehead atoms. The second kappa shape index (κ2) is 7.34. The van der Waals surface area contributed by atoms with Crippen LogP contribution in [0.5, 0.6) is 0 Å². The molecule has 130 valence electrons. The molecule has 2 saturated heterocycles. The number of likely N-dealkylation sites (tertiary alicyclic amines) is 1. The van der Waals surface area contributed by atoms with E-state index in [-0.39, 0.29) is 29.9 Å². The number of benzene rings is 1. The van der Waals surface area contributed by atoms with Gasteiger partial charge in [-0.05, 0) is 31.7 Å². The minimum absolute atomic E-state index is 0.0235. The standard InChI is InChI=1S/C19H26N2O3/c1-13-5-7-14(8-6-13)18-16(9-10-17(22)21(18)2)19(23)20-12-15-4-3-11-24-15/h5-8,15-16,18H,3-4,9-12H2,1-2H3,(H,20,23). The molecule has 3 unspecified atom stereocenters. The molecule has 2 aliphatic heterocycles. The number of ether oxygens (including phenoxy) is 1. The molecule has 0 aromatic heterocycles. The van der Waals surface area contributed by atoms with Crippen LogP contribution in [0, 0.1) is 12.8 Å². The number of carbonyl (C=O) groups is 2. The van der Waals surface area contributed by atoms with E-state index in [2.05, 4.69) is 5.32 Å². The number of carbonyl (C=O) groups excluding carboxylic acids is 2. The van der Waals surface area contributed by atoms with Gasteiger partial charge < -0.3 is 15.0 Å². The maximum absolute atomic E-state index is 12.8. The van der Waals surface area contributed by atoms with Crippen LogP contribution >= 0.6 is 0 Å². The molecular formula is C19H26N2O3. The Morgan fingerprint density at radius 1 is 1.29 bits per heavy atom. The van der Waals surface area contributed by atoms with Crippen molar-refractivity contribution in [2.75, 3.05) is 20.2 Å². The van der Waals surface area contributed by atoms with Gasteiger partial charge in [-0.2, -0.15) is 0 Å². The third-order valence-corrected chi connectivity index (χ3v) is 5.14. The van der Waals surface area contributed by atoms with Crippen molar-refractivity contribution < 1.29 is 14.3 Å². The molecule has 0 radical (unpaired) electrons. The van der Waals surface area contributed by atoms with E-state index in [9.17, 15) is 9.59 Å². The number of hydrogen-bond acceptors (Lipinski definition) is 3. The van der Waals surface area contributed by atoms with Gasteiger partial charge in [0.15, 0.2) is 0 Å². The molecule has 2 heterocycles. The monoisotopic (exact) mass is 330 g/mol. The SMILES string of the molecule is Cc1ccc(C2C(C(=O)NCC3CCCO3)CCC(=O)N2C)cc1. The molecule has 5 nitrogen and oxygen atoms in total. The van der Waals surface area contributed by atoms with Crippen molar-refractivity contribution in [3.63, 3.8) is 0 Å². The second-order valence-electron chi connectivity index (χ2n) is 6.89. The summed E-state index contributed by atoms with van der Waals surface area (Å²) in [5.41, 5.74) is 2.19. The first kappa shape index (κ1) is 17.0. The number of amides is 2. The molecule has 24 heavy (non-hydrogen) atoms. The molecule has 0 spiro atoms. The second-order valence-corrected chi connectivity index (χ2v) is 6.89. The van der Waals surface area contributed by atoms with E-state index in [4.69, 9.17) is 4.74 Å². The van der Waals surface area contributed by atoms with E-state index in [1.807, 2.05) is 31.2 Å². The number of nitrogens with one attached hydrogen (secondary N) is 1. The van der Waals surface area contributed by atoms with Gasteiger partial charge in [0.1, 0.15) is 0 Å². The number of hydrogen-bond donors (Lipinski definition) is 1. The number of piperidine rings is 1. The zero-order valence-electron chi connectivity index (χ0n) is 14.5. The van der Waals surface area contributed by atoms with Gasteiger partial charge in [0, 0.05) is 26.6 Å². The van der Waals surface area contributed by atoms with E-state index in [0.717, 1.165) is 25.0 Å². The lowest BCUT2D eigenvalue weighted by atomic mass is 9.83. The molecule has 3 rings (SSSR count). The predicted molar refractivity (Wildman–Crippen MR) is 91.4 cm³/mol. The summed E-state index contributed by atoms with van der Waals surface area (Å²) < 4.78 is 5.57. The molecule has 1 N–H and O–H groups in total. The summed E-state index contributed by atoms with van der Waals surface area (Å²) in [6.45, 7) is 3.38. The van der Waals surface area contributed by atoms with E-state index in [1.54, 1.807) is 11.9 Å². The molecule has 0 saturated carbocycles. The van der Waals surface area contributed by atoms with Crippen LogP contribution in [0.2, 0.25) is 0 Å². The van der Waals surface area contributed by atoms with Crippen LogP contribution in [0.25, 0.3) is 0 Å². The minimum atomic E-state index is -0.211. The minimum Gasteiger partial charge on any atom is -0.376 e. The Morgan fingerprint density at radius 2 is 2.04 bits per heavy atom. The van der Waals surface area contributed by atoms with Crippen LogP contribution in [0.1, 0.15) is 42.9 Å². The van der Waals surface area contributed by atoms with E-state index in [1.165, 1.54) is 5.56 Å². The van der Waals surface area contributed by atoms with Crippen molar-refractivity contribution in [3.8, 4) is 0 Å². The summed E-state index contributed by atoms with van der Waals surface area (Å²) in [5, 5.41) is 3.04. The van der Waals surface area contributed by atoms with Crippen molar-refractivity contribution in [1.82, 2.24) is 10.2 Å². The first-order valence-electron chi connectivity index (χ1n) is 8.78. The Hall–Kier alpha value is -1.88. The number of aryl methyl sites for hydroxylation is 1. The Balaban J connectivity index is 1.74. The third-order valence-electron chi connectivity index (χ3n) is 5.14.